The van der Waals surface area contributed by atoms with E-state index in [1.54, 1.807) is 0 Å². The minimum Gasteiger partial charge on any atom is -0.436 e. The third-order valence-corrected chi connectivity index (χ3v) is 5.45. The van der Waals surface area contributed by atoms with E-state index >= 15 is 0 Å². The molecule has 1 aliphatic rings. The maximum Gasteiger partial charge on any atom is 0.228 e. The van der Waals surface area contributed by atoms with E-state index in [4.69, 9.17) is 16.0 Å². The number of fused-ring (bicyclic) bond motifs is 1. The average Bonchev–Trinajstić information content (AvgIpc) is 3.23. The van der Waals surface area contributed by atoms with E-state index in [0.29, 0.717) is 16.5 Å². The third-order valence-electron chi connectivity index (χ3n) is 5.12. The summed E-state index contributed by atoms with van der Waals surface area (Å²) in [7, 11) is 0. The molecule has 1 aromatic heterocycles. The van der Waals surface area contributed by atoms with Crippen molar-refractivity contribution in [3.8, 4) is 0 Å². The summed E-state index contributed by atoms with van der Waals surface area (Å²) in [4.78, 5) is 18.8. The van der Waals surface area contributed by atoms with Crippen molar-refractivity contribution in [2.75, 3.05) is 4.90 Å². The van der Waals surface area contributed by atoms with Gasteiger partial charge in [-0.05, 0) is 47.5 Å². The Morgan fingerprint density at radius 3 is 2.43 bits per heavy atom. The van der Waals surface area contributed by atoms with Crippen LogP contribution in [-0.4, -0.2) is 17.3 Å². The minimum atomic E-state index is -0.527. The predicted molar refractivity (Wildman–Crippen MR) is 120 cm³/mol. The predicted octanol–water partition coefficient (Wildman–Crippen LogP) is 5.99. The number of carbonyl (C=O) groups excluding carboxylic acids is 1. The molecule has 4 aromatic rings. The molecule has 0 spiro atoms. The summed E-state index contributed by atoms with van der Waals surface area (Å²) in [6.07, 6.45) is 4.77. The number of hydrogen-bond acceptors (Lipinski definition) is 4. The number of halogens is 1. The van der Waals surface area contributed by atoms with Gasteiger partial charge < -0.3 is 14.1 Å². The number of rotatable bonds is 4. The molecule has 0 saturated carbocycles. The van der Waals surface area contributed by atoms with Crippen LogP contribution in [0.3, 0.4) is 0 Å². The van der Waals surface area contributed by atoms with Gasteiger partial charge in [0, 0.05) is 16.9 Å². The summed E-state index contributed by atoms with van der Waals surface area (Å²) >= 11 is 6.50. The van der Waals surface area contributed by atoms with E-state index in [2.05, 4.69) is 4.98 Å². The molecule has 0 N–H and O–H groups in total. The van der Waals surface area contributed by atoms with Crippen LogP contribution in [0.15, 0.2) is 95.6 Å². The zero-order valence-electron chi connectivity index (χ0n) is 15.9. The zero-order valence-corrected chi connectivity index (χ0v) is 16.7. The molecule has 1 atom stereocenters. The highest BCUT2D eigenvalue weighted by Crippen LogP contribution is 2.37. The SMILES string of the molecule is O=CC1C(c2ccccc2Cl)=CC(c2nc3ccccc3o2)=CN1c1ccccc1. The first-order valence-corrected chi connectivity index (χ1v) is 9.95. The van der Waals surface area contributed by atoms with Crippen LogP contribution in [0.5, 0.6) is 0 Å². The second-order valence-electron chi connectivity index (χ2n) is 6.97. The Hall–Kier alpha value is -3.63. The number of hydrogen-bond donors (Lipinski definition) is 0. The smallest absolute Gasteiger partial charge is 0.228 e. The summed E-state index contributed by atoms with van der Waals surface area (Å²) in [5.41, 5.74) is 4.75. The zero-order chi connectivity index (χ0) is 20.5. The second kappa shape index (κ2) is 7.65. The van der Waals surface area contributed by atoms with Crippen molar-refractivity contribution < 1.29 is 9.21 Å². The van der Waals surface area contributed by atoms with Gasteiger partial charge in [-0.25, -0.2) is 4.98 Å². The van der Waals surface area contributed by atoms with Gasteiger partial charge in [0.15, 0.2) is 5.58 Å². The molecule has 146 valence electrons. The van der Waals surface area contributed by atoms with E-state index in [-0.39, 0.29) is 0 Å². The lowest BCUT2D eigenvalue weighted by atomic mass is 9.92. The fourth-order valence-corrected chi connectivity index (χ4v) is 3.93. The van der Waals surface area contributed by atoms with Gasteiger partial charge in [-0.15, -0.1) is 0 Å². The Labute approximate surface area is 178 Å². The van der Waals surface area contributed by atoms with Crippen molar-refractivity contribution in [3.63, 3.8) is 0 Å². The molecule has 0 fully saturated rings. The molecule has 0 aliphatic carbocycles. The van der Waals surface area contributed by atoms with Crippen LogP contribution in [0.25, 0.3) is 22.2 Å². The molecule has 0 amide bonds. The van der Waals surface area contributed by atoms with Gasteiger partial charge in [0.05, 0.1) is 5.57 Å². The number of carbonyl (C=O) groups is 1. The van der Waals surface area contributed by atoms with Crippen LogP contribution in [0.1, 0.15) is 11.5 Å². The first-order valence-electron chi connectivity index (χ1n) is 9.57. The minimum absolute atomic E-state index is 0.492. The Kier molecular flexibility index (Phi) is 4.69. The van der Waals surface area contributed by atoms with Gasteiger partial charge in [-0.1, -0.05) is 60.1 Å². The highest BCUT2D eigenvalue weighted by molar-refractivity contribution is 6.32. The number of nitrogens with zero attached hydrogens (tertiary/aromatic N) is 2. The van der Waals surface area contributed by atoms with Gasteiger partial charge in [0.25, 0.3) is 0 Å². The lowest BCUT2D eigenvalue weighted by Crippen LogP contribution is -2.35. The quantitative estimate of drug-likeness (QED) is 0.386. The first kappa shape index (κ1) is 18.4. The van der Waals surface area contributed by atoms with Crippen LogP contribution in [0.4, 0.5) is 5.69 Å². The number of oxazole rings is 1. The standard InChI is InChI=1S/C25H17ClN2O2/c26-21-11-5-4-10-19(21)20-14-17(25-27-22-12-6-7-13-24(22)30-25)15-28(23(20)16-29)18-8-2-1-3-9-18/h1-16,23H. The van der Waals surface area contributed by atoms with Gasteiger partial charge in [-0.2, -0.15) is 0 Å². The lowest BCUT2D eigenvalue weighted by molar-refractivity contribution is -0.107. The lowest BCUT2D eigenvalue weighted by Gasteiger charge is -2.33. The Balaban J connectivity index is 1.71. The average molecular weight is 413 g/mol. The summed E-state index contributed by atoms with van der Waals surface area (Å²) in [5.74, 6) is 0.492. The van der Waals surface area contributed by atoms with Gasteiger partial charge in [-0.3, -0.25) is 0 Å². The number of aromatic nitrogens is 1. The first-order chi connectivity index (χ1) is 14.7. The molecule has 1 aliphatic heterocycles. The fraction of sp³-hybridized carbons (Fsp3) is 0.0400. The monoisotopic (exact) mass is 412 g/mol. The van der Waals surface area contributed by atoms with E-state index < -0.39 is 6.04 Å². The summed E-state index contributed by atoms with van der Waals surface area (Å²) in [5, 5.41) is 0.586. The molecule has 5 heteroatoms. The molecule has 0 radical (unpaired) electrons. The molecule has 3 aromatic carbocycles. The molecule has 0 saturated heterocycles. The van der Waals surface area contributed by atoms with Crippen LogP contribution >= 0.6 is 11.6 Å². The van der Waals surface area contributed by atoms with Crippen molar-refractivity contribution in [1.82, 2.24) is 4.98 Å². The van der Waals surface area contributed by atoms with Crippen molar-refractivity contribution in [1.29, 1.82) is 0 Å². The molecule has 0 bridgehead atoms. The van der Waals surface area contributed by atoms with Gasteiger partial charge in [0.2, 0.25) is 5.89 Å². The van der Waals surface area contributed by atoms with Crippen molar-refractivity contribution in [2.45, 2.75) is 6.04 Å². The summed E-state index contributed by atoms with van der Waals surface area (Å²) in [6.45, 7) is 0. The summed E-state index contributed by atoms with van der Waals surface area (Å²) in [6, 6.07) is 24.4. The molecular formula is C25H17ClN2O2. The highest BCUT2D eigenvalue weighted by Gasteiger charge is 2.29. The third kappa shape index (κ3) is 3.21. The molecule has 2 heterocycles. The molecule has 1 unspecified atom stereocenters. The number of allylic oxidation sites excluding steroid dienone is 2. The molecule has 4 nitrogen and oxygen atoms in total. The molecule has 30 heavy (non-hydrogen) atoms. The van der Waals surface area contributed by atoms with Crippen molar-refractivity contribution >= 4 is 45.8 Å². The Morgan fingerprint density at radius 2 is 1.67 bits per heavy atom. The van der Waals surface area contributed by atoms with Gasteiger partial charge in [0.1, 0.15) is 17.8 Å². The number of para-hydroxylation sites is 3. The van der Waals surface area contributed by atoms with E-state index in [0.717, 1.165) is 34.2 Å². The van der Waals surface area contributed by atoms with E-state index in [1.807, 2.05) is 96.0 Å². The van der Waals surface area contributed by atoms with Crippen molar-refractivity contribution in [2.24, 2.45) is 0 Å². The summed E-state index contributed by atoms with van der Waals surface area (Å²) < 4.78 is 6.00. The largest absolute Gasteiger partial charge is 0.436 e. The Bertz CT molecular complexity index is 1260. The van der Waals surface area contributed by atoms with Crippen LogP contribution in [-0.2, 0) is 4.79 Å². The number of aldehydes is 1. The van der Waals surface area contributed by atoms with Crippen LogP contribution in [0.2, 0.25) is 5.02 Å². The second-order valence-corrected chi connectivity index (χ2v) is 7.38. The van der Waals surface area contributed by atoms with Crippen LogP contribution in [0, 0.1) is 0 Å². The topological polar surface area (TPSA) is 46.3 Å². The Morgan fingerprint density at radius 1 is 0.933 bits per heavy atom. The van der Waals surface area contributed by atoms with Gasteiger partial charge >= 0.3 is 0 Å². The highest BCUT2D eigenvalue weighted by atomic mass is 35.5. The van der Waals surface area contributed by atoms with E-state index in [1.165, 1.54) is 0 Å². The maximum atomic E-state index is 12.2. The van der Waals surface area contributed by atoms with E-state index in [9.17, 15) is 4.79 Å². The maximum absolute atomic E-state index is 12.2. The number of anilines is 1. The van der Waals surface area contributed by atoms with Crippen LogP contribution < -0.4 is 4.90 Å². The number of benzene rings is 3. The molecular weight excluding hydrogens is 396 g/mol. The molecule has 5 rings (SSSR count). The van der Waals surface area contributed by atoms with Crippen molar-refractivity contribution in [3.05, 3.63) is 108 Å². The fourth-order valence-electron chi connectivity index (χ4n) is 3.69. The normalized spacial score (nSPS) is 16.3.